The lowest BCUT2D eigenvalue weighted by atomic mass is 9.93. The maximum absolute atomic E-state index is 13.4. The topological polar surface area (TPSA) is 79.3 Å². The third-order valence-electron chi connectivity index (χ3n) is 9.36. The molecule has 2 N–H and O–H groups in total. The van der Waals surface area contributed by atoms with E-state index in [1.54, 1.807) is 22.9 Å². The molecular weight excluding hydrogens is 677 g/mol. The molecular formula is C39H46Cl3N5O2. The van der Waals surface area contributed by atoms with E-state index < -0.39 is 0 Å². The van der Waals surface area contributed by atoms with Gasteiger partial charge in [-0.3, -0.25) is 9.59 Å². The van der Waals surface area contributed by atoms with E-state index in [-0.39, 0.29) is 17.9 Å². The van der Waals surface area contributed by atoms with Crippen molar-refractivity contribution in [3.8, 4) is 16.9 Å². The highest BCUT2D eigenvalue weighted by atomic mass is 35.5. The third kappa shape index (κ3) is 9.88. The number of aromatic nitrogens is 2. The van der Waals surface area contributed by atoms with Crippen LogP contribution >= 0.6 is 34.8 Å². The number of carbonyl (C=O) groups excluding carboxylic acids is 2. The summed E-state index contributed by atoms with van der Waals surface area (Å²) >= 11 is 18.9. The van der Waals surface area contributed by atoms with Crippen molar-refractivity contribution in [3.05, 3.63) is 105 Å². The first kappa shape index (κ1) is 36.9. The monoisotopic (exact) mass is 721 g/mol. The Morgan fingerprint density at radius 3 is 2.43 bits per heavy atom. The van der Waals surface area contributed by atoms with Crippen molar-refractivity contribution >= 4 is 46.6 Å². The van der Waals surface area contributed by atoms with Gasteiger partial charge in [0.1, 0.15) is 0 Å². The molecule has 2 unspecified atom stereocenters. The number of rotatable bonds is 15. The number of hydrogen-bond donors (Lipinski definition) is 2. The van der Waals surface area contributed by atoms with Gasteiger partial charge in [0.2, 0.25) is 5.91 Å². The van der Waals surface area contributed by atoms with E-state index in [9.17, 15) is 9.59 Å². The van der Waals surface area contributed by atoms with Crippen LogP contribution < -0.4 is 10.6 Å². The lowest BCUT2D eigenvalue weighted by molar-refractivity contribution is -0.134. The molecule has 1 aliphatic heterocycles. The molecule has 2 atom stereocenters. The molecule has 1 saturated heterocycles. The van der Waals surface area contributed by atoms with Gasteiger partial charge in [-0.15, -0.1) is 0 Å². The van der Waals surface area contributed by atoms with E-state index in [0.29, 0.717) is 45.5 Å². The molecule has 260 valence electrons. The van der Waals surface area contributed by atoms with Gasteiger partial charge >= 0.3 is 0 Å². The fraction of sp³-hybridized carbons (Fsp3) is 0.410. The Labute approximate surface area is 305 Å². The zero-order valence-electron chi connectivity index (χ0n) is 28.4. The largest absolute Gasteiger partial charge is 0.351 e. The summed E-state index contributed by atoms with van der Waals surface area (Å²) in [5.41, 5.74) is 4.69. The van der Waals surface area contributed by atoms with Gasteiger partial charge in [0.25, 0.3) is 5.91 Å². The minimum atomic E-state index is -0.232. The predicted octanol–water partition coefficient (Wildman–Crippen LogP) is 9.09. The van der Waals surface area contributed by atoms with Crippen LogP contribution in [0.15, 0.2) is 72.8 Å². The fourth-order valence-electron chi connectivity index (χ4n) is 6.72. The van der Waals surface area contributed by atoms with E-state index in [4.69, 9.17) is 39.9 Å². The number of amides is 2. The number of unbranched alkanes of at least 4 members (excludes halogenated alkanes) is 3. The molecule has 10 heteroatoms. The van der Waals surface area contributed by atoms with Crippen LogP contribution in [0.1, 0.15) is 79.9 Å². The van der Waals surface area contributed by atoms with Crippen LogP contribution in [0.25, 0.3) is 16.9 Å². The van der Waals surface area contributed by atoms with Gasteiger partial charge in [-0.05, 0) is 87.9 Å². The molecule has 4 aromatic rings. The number of piperidine rings is 1. The summed E-state index contributed by atoms with van der Waals surface area (Å²) < 4.78 is 1.70. The maximum Gasteiger partial charge on any atom is 0.272 e. The Bertz CT molecular complexity index is 1690. The van der Waals surface area contributed by atoms with Gasteiger partial charge in [0.05, 0.1) is 16.4 Å². The van der Waals surface area contributed by atoms with E-state index in [2.05, 4.69) is 45.9 Å². The quantitative estimate of drug-likeness (QED) is 0.120. The molecule has 1 aromatic heterocycles. The van der Waals surface area contributed by atoms with Crippen LogP contribution in [0.5, 0.6) is 0 Å². The van der Waals surface area contributed by atoms with Crippen LogP contribution in [0.2, 0.25) is 15.1 Å². The molecule has 0 spiro atoms. The lowest BCUT2D eigenvalue weighted by Crippen LogP contribution is -2.50. The van der Waals surface area contributed by atoms with Crippen molar-refractivity contribution in [2.24, 2.45) is 0 Å². The molecule has 7 nitrogen and oxygen atoms in total. The number of aryl methyl sites for hydroxylation is 1. The number of carbonyl (C=O) groups is 2. The van der Waals surface area contributed by atoms with Crippen LogP contribution in [-0.4, -0.2) is 58.2 Å². The molecule has 0 radical (unpaired) electrons. The Morgan fingerprint density at radius 1 is 0.959 bits per heavy atom. The summed E-state index contributed by atoms with van der Waals surface area (Å²) in [6, 6.07) is 24.0. The van der Waals surface area contributed by atoms with Crippen LogP contribution in [-0.2, 0) is 11.2 Å². The summed E-state index contributed by atoms with van der Waals surface area (Å²) in [5.74, 6) is 0.0117. The van der Waals surface area contributed by atoms with Crippen LogP contribution in [0, 0.1) is 6.92 Å². The van der Waals surface area contributed by atoms with Gasteiger partial charge in [-0.1, -0.05) is 97.0 Å². The van der Waals surface area contributed by atoms with Crippen molar-refractivity contribution in [1.29, 1.82) is 0 Å². The Balaban J connectivity index is 1.12. The average Bonchev–Trinajstić information content (AvgIpc) is 3.45. The van der Waals surface area contributed by atoms with Gasteiger partial charge in [0, 0.05) is 52.8 Å². The second-order valence-corrected chi connectivity index (χ2v) is 14.1. The number of benzene rings is 3. The highest BCUT2D eigenvalue weighted by molar-refractivity contribution is 6.35. The van der Waals surface area contributed by atoms with E-state index in [1.165, 1.54) is 5.56 Å². The molecule has 1 fully saturated rings. The van der Waals surface area contributed by atoms with E-state index in [1.807, 2.05) is 38.1 Å². The molecule has 0 aliphatic carbocycles. The molecule has 0 bridgehead atoms. The fourth-order valence-corrected chi connectivity index (χ4v) is 7.33. The van der Waals surface area contributed by atoms with Crippen molar-refractivity contribution < 1.29 is 9.59 Å². The smallest absolute Gasteiger partial charge is 0.272 e. The minimum Gasteiger partial charge on any atom is -0.351 e. The highest BCUT2D eigenvalue weighted by Crippen LogP contribution is 2.33. The molecule has 2 heterocycles. The number of hydrogen-bond acceptors (Lipinski definition) is 4. The Hall–Kier alpha value is -3.36. The number of halogens is 3. The summed E-state index contributed by atoms with van der Waals surface area (Å²) in [6.45, 7) is 6.12. The standard InChI is InChI=1S/C39H46Cl3N5O2/c1-3-36(48)46(33-21-23-43-32(26-33)19-13-28-11-7-6-8-12-28)24-10-5-4-9-22-44-39(49)37-27(2)38(29-14-16-30(40)17-15-29)47(45-37)35-20-18-31(41)25-34(35)42/h6-8,11-12,14-18,20,25,32-33,43H,3-5,9-10,13,19,21-24,26H2,1-2H3,(H,44,49). The first-order valence-corrected chi connectivity index (χ1v) is 18.5. The van der Waals surface area contributed by atoms with Gasteiger partial charge in [-0.25, -0.2) is 4.68 Å². The minimum absolute atomic E-state index is 0.232. The maximum atomic E-state index is 13.4. The summed E-state index contributed by atoms with van der Waals surface area (Å²) in [7, 11) is 0. The molecule has 49 heavy (non-hydrogen) atoms. The lowest BCUT2D eigenvalue weighted by Gasteiger charge is -2.38. The normalized spacial score (nSPS) is 16.0. The zero-order valence-corrected chi connectivity index (χ0v) is 30.6. The van der Waals surface area contributed by atoms with Crippen molar-refractivity contribution in [2.75, 3.05) is 19.6 Å². The SMILES string of the molecule is CCC(=O)N(CCCCCCNC(=O)c1nn(-c2ccc(Cl)cc2Cl)c(-c2ccc(Cl)cc2)c1C)C1CCNC(CCc2ccccc2)C1. The van der Waals surface area contributed by atoms with Gasteiger partial charge in [-0.2, -0.15) is 5.10 Å². The molecule has 2 amide bonds. The summed E-state index contributed by atoms with van der Waals surface area (Å²) in [5, 5.41) is 13.0. The highest BCUT2D eigenvalue weighted by Gasteiger charge is 2.28. The second kappa shape index (κ2) is 18.0. The predicted molar refractivity (Wildman–Crippen MR) is 201 cm³/mol. The number of nitrogens with zero attached hydrogens (tertiary/aromatic N) is 3. The van der Waals surface area contributed by atoms with Crippen molar-refractivity contribution in [2.45, 2.75) is 83.7 Å². The zero-order chi connectivity index (χ0) is 34.8. The van der Waals surface area contributed by atoms with E-state index in [0.717, 1.165) is 81.3 Å². The van der Waals surface area contributed by atoms with Gasteiger partial charge < -0.3 is 15.5 Å². The van der Waals surface area contributed by atoms with Gasteiger partial charge in [0.15, 0.2) is 5.69 Å². The Kier molecular flexibility index (Phi) is 13.6. The average molecular weight is 723 g/mol. The molecule has 1 aliphatic rings. The number of nitrogens with one attached hydrogen (secondary N) is 2. The molecule has 0 saturated carbocycles. The third-order valence-corrected chi connectivity index (χ3v) is 10.1. The molecule has 5 rings (SSSR count). The first-order chi connectivity index (χ1) is 23.7. The van der Waals surface area contributed by atoms with Crippen LogP contribution in [0.4, 0.5) is 0 Å². The summed E-state index contributed by atoms with van der Waals surface area (Å²) in [6.07, 6.45) is 8.41. The Morgan fingerprint density at radius 2 is 1.69 bits per heavy atom. The summed E-state index contributed by atoms with van der Waals surface area (Å²) in [4.78, 5) is 28.5. The van der Waals surface area contributed by atoms with Crippen molar-refractivity contribution in [1.82, 2.24) is 25.3 Å². The second-order valence-electron chi connectivity index (χ2n) is 12.8. The first-order valence-electron chi connectivity index (χ1n) is 17.4. The van der Waals surface area contributed by atoms with Crippen molar-refractivity contribution in [3.63, 3.8) is 0 Å². The van der Waals surface area contributed by atoms with Crippen LogP contribution in [0.3, 0.4) is 0 Å². The molecule has 3 aromatic carbocycles. The van der Waals surface area contributed by atoms with E-state index >= 15 is 0 Å².